The molecule has 1 atom stereocenters. The smallest absolute Gasteiger partial charge is 0.308 e. The van der Waals surface area contributed by atoms with Crippen molar-refractivity contribution in [3.63, 3.8) is 0 Å². The molecule has 0 saturated heterocycles. The summed E-state index contributed by atoms with van der Waals surface area (Å²) in [6.07, 6.45) is -0.312. The summed E-state index contributed by atoms with van der Waals surface area (Å²) in [6, 6.07) is 4.96. The maximum absolute atomic E-state index is 13.1. The third kappa shape index (κ3) is 5.21. The molecule has 1 unspecified atom stereocenters. The number of carbonyl (C=O) groups is 3. The standard InChI is InChI=1S/C14H16FNO5/c1-9(14(20)21)8-16(6-5-12(17)18)13(19)10-3-2-4-11(15)7-10/h2-4,7,9H,5-6,8H2,1H3,(H,17,18)(H,20,21). The molecule has 0 fully saturated rings. The van der Waals surface area contributed by atoms with Crippen molar-refractivity contribution in [2.24, 2.45) is 5.92 Å². The number of hydrogen-bond acceptors (Lipinski definition) is 3. The maximum atomic E-state index is 13.1. The molecule has 0 aliphatic heterocycles. The van der Waals surface area contributed by atoms with Gasteiger partial charge in [-0.3, -0.25) is 14.4 Å². The van der Waals surface area contributed by atoms with Crippen molar-refractivity contribution in [2.75, 3.05) is 13.1 Å². The van der Waals surface area contributed by atoms with Crippen molar-refractivity contribution >= 4 is 17.8 Å². The van der Waals surface area contributed by atoms with Crippen molar-refractivity contribution in [3.05, 3.63) is 35.6 Å². The van der Waals surface area contributed by atoms with E-state index < -0.39 is 29.6 Å². The number of amides is 1. The van der Waals surface area contributed by atoms with Crippen LogP contribution in [0.5, 0.6) is 0 Å². The molecule has 6 nitrogen and oxygen atoms in total. The van der Waals surface area contributed by atoms with E-state index in [2.05, 4.69) is 0 Å². The average Bonchev–Trinajstić information content (AvgIpc) is 2.42. The van der Waals surface area contributed by atoms with Crippen LogP contribution in [0.3, 0.4) is 0 Å². The molecule has 114 valence electrons. The molecular formula is C14H16FNO5. The molecule has 1 amide bonds. The van der Waals surface area contributed by atoms with Gasteiger partial charge in [-0.05, 0) is 18.2 Å². The quantitative estimate of drug-likeness (QED) is 0.794. The van der Waals surface area contributed by atoms with E-state index in [4.69, 9.17) is 10.2 Å². The topological polar surface area (TPSA) is 94.9 Å². The van der Waals surface area contributed by atoms with E-state index in [0.29, 0.717) is 0 Å². The van der Waals surface area contributed by atoms with Gasteiger partial charge in [0, 0.05) is 18.7 Å². The Bertz CT molecular complexity index is 546. The van der Waals surface area contributed by atoms with Gasteiger partial charge in [0.25, 0.3) is 5.91 Å². The van der Waals surface area contributed by atoms with Crippen LogP contribution in [0, 0.1) is 11.7 Å². The van der Waals surface area contributed by atoms with Crippen LogP contribution in [0.4, 0.5) is 4.39 Å². The van der Waals surface area contributed by atoms with E-state index in [9.17, 15) is 18.8 Å². The summed E-state index contributed by atoms with van der Waals surface area (Å²) in [5.41, 5.74) is 0.0537. The second-order valence-electron chi connectivity index (χ2n) is 4.64. The van der Waals surface area contributed by atoms with Crippen molar-refractivity contribution < 1.29 is 29.0 Å². The van der Waals surface area contributed by atoms with Gasteiger partial charge in [0.05, 0.1) is 12.3 Å². The van der Waals surface area contributed by atoms with E-state index in [1.807, 2.05) is 0 Å². The first-order valence-electron chi connectivity index (χ1n) is 6.30. The molecule has 0 aliphatic carbocycles. The third-order valence-corrected chi connectivity index (χ3v) is 2.87. The number of benzene rings is 1. The molecule has 0 heterocycles. The Morgan fingerprint density at radius 2 is 1.95 bits per heavy atom. The molecule has 1 aromatic rings. The van der Waals surface area contributed by atoms with Gasteiger partial charge in [-0.15, -0.1) is 0 Å². The minimum Gasteiger partial charge on any atom is -0.481 e. The normalized spacial score (nSPS) is 11.7. The summed E-state index contributed by atoms with van der Waals surface area (Å²) in [5.74, 6) is -4.23. The van der Waals surface area contributed by atoms with Crippen LogP contribution in [-0.4, -0.2) is 46.0 Å². The number of aliphatic carboxylic acids is 2. The first kappa shape index (κ1) is 16.6. The fourth-order valence-corrected chi connectivity index (χ4v) is 1.72. The Kier molecular flexibility index (Phi) is 5.83. The van der Waals surface area contributed by atoms with E-state index >= 15 is 0 Å². The van der Waals surface area contributed by atoms with Crippen molar-refractivity contribution in [2.45, 2.75) is 13.3 Å². The van der Waals surface area contributed by atoms with Gasteiger partial charge in [0.2, 0.25) is 0 Å². The lowest BCUT2D eigenvalue weighted by molar-refractivity contribution is -0.141. The van der Waals surface area contributed by atoms with Gasteiger partial charge in [0.15, 0.2) is 0 Å². The van der Waals surface area contributed by atoms with Gasteiger partial charge in [0.1, 0.15) is 5.82 Å². The first-order chi connectivity index (χ1) is 9.81. The summed E-state index contributed by atoms with van der Waals surface area (Å²) < 4.78 is 13.1. The number of carboxylic acids is 2. The van der Waals surface area contributed by atoms with E-state index in [0.717, 1.165) is 11.0 Å². The Hall–Kier alpha value is -2.44. The summed E-state index contributed by atoms with van der Waals surface area (Å²) in [5, 5.41) is 17.6. The van der Waals surface area contributed by atoms with Crippen LogP contribution < -0.4 is 0 Å². The van der Waals surface area contributed by atoms with Crippen LogP contribution in [0.1, 0.15) is 23.7 Å². The molecule has 0 saturated carbocycles. The number of nitrogens with zero attached hydrogens (tertiary/aromatic N) is 1. The minimum atomic E-state index is -1.10. The number of carbonyl (C=O) groups excluding carboxylic acids is 1. The number of rotatable bonds is 7. The highest BCUT2D eigenvalue weighted by Gasteiger charge is 2.22. The van der Waals surface area contributed by atoms with Crippen molar-refractivity contribution in [1.29, 1.82) is 0 Å². The van der Waals surface area contributed by atoms with Crippen molar-refractivity contribution in [1.82, 2.24) is 4.90 Å². The second-order valence-corrected chi connectivity index (χ2v) is 4.64. The summed E-state index contributed by atoms with van der Waals surface area (Å²) in [6.45, 7) is 1.13. The number of halogens is 1. The molecule has 0 aromatic heterocycles. The molecule has 7 heteroatoms. The molecule has 1 aromatic carbocycles. The zero-order chi connectivity index (χ0) is 16.0. The number of hydrogen-bond donors (Lipinski definition) is 2. The predicted octanol–water partition coefficient (Wildman–Crippen LogP) is 1.46. The highest BCUT2D eigenvalue weighted by molar-refractivity contribution is 5.94. The minimum absolute atomic E-state index is 0.0537. The summed E-state index contributed by atoms with van der Waals surface area (Å²) in [4.78, 5) is 34.8. The van der Waals surface area contributed by atoms with Crippen LogP contribution in [0.2, 0.25) is 0 Å². The second kappa shape index (κ2) is 7.37. The third-order valence-electron chi connectivity index (χ3n) is 2.87. The average molecular weight is 297 g/mol. The Morgan fingerprint density at radius 3 is 2.48 bits per heavy atom. The van der Waals surface area contributed by atoms with E-state index in [1.54, 1.807) is 0 Å². The molecule has 0 radical (unpaired) electrons. The highest BCUT2D eigenvalue weighted by Crippen LogP contribution is 2.10. The zero-order valence-electron chi connectivity index (χ0n) is 11.5. The Labute approximate surface area is 120 Å². The van der Waals surface area contributed by atoms with E-state index in [1.165, 1.54) is 25.1 Å². The predicted molar refractivity (Wildman–Crippen MR) is 71.4 cm³/mol. The van der Waals surface area contributed by atoms with Gasteiger partial charge < -0.3 is 15.1 Å². The lowest BCUT2D eigenvalue weighted by Gasteiger charge is -2.24. The molecule has 2 N–H and O–H groups in total. The molecule has 0 aliphatic rings. The Morgan fingerprint density at radius 1 is 1.29 bits per heavy atom. The fraction of sp³-hybridized carbons (Fsp3) is 0.357. The SMILES string of the molecule is CC(CN(CCC(=O)O)C(=O)c1cccc(F)c1)C(=O)O. The van der Waals surface area contributed by atoms with Gasteiger partial charge in [-0.25, -0.2) is 4.39 Å². The monoisotopic (exact) mass is 297 g/mol. The molecular weight excluding hydrogens is 281 g/mol. The summed E-state index contributed by atoms with van der Waals surface area (Å²) in [7, 11) is 0. The van der Waals surface area contributed by atoms with Crippen LogP contribution in [-0.2, 0) is 9.59 Å². The van der Waals surface area contributed by atoms with Crippen LogP contribution in [0.15, 0.2) is 24.3 Å². The number of carboxylic acid groups (broad SMARTS) is 2. The van der Waals surface area contributed by atoms with Gasteiger partial charge >= 0.3 is 11.9 Å². The van der Waals surface area contributed by atoms with Crippen molar-refractivity contribution in [3.8, 4) is 0 Å². The lowest BCUT2D eigenvalue weighted by Crippen LogP contribution is -2.38. The van der Waals surface area contributed by atoms with E-state index in [-0.39, 0.29) is 25.1 Å². The highest BCUT2D eigenvalue weighted by atomic mass is 19.1. The maximum Gasteiger partial charge on any atom is 0.308 e. The first-order valence-corrected chi connectivity index (χ1v) is 6.30. The molecule has 1 rings (SSSR count). The molecule has 0 spiro atoms. The summed E-state index contributed by atoms with van der Waals surface area (Å²) >= 11 is 0. The molecule has 21 heavy (non-hydrogen) atoms. The molecule has 0 bridgehead atoms. The van der Waals surface area contributed by atoms with Gasteiger partial charge in [-0.2, -0.15) is 0 Å². The zero-order valence-corrected chi connectivity index (χ0v) is 11.5. The largest absolute Gasteiger partial charge is 0.481 e. The lowest BCUT2D eigenvalue weighted by atomic mass is 10.1. The fourth-order valence-electron chi connectivity index (χ4n) is 1.72. The van der Waals surface area contributed by atoms with Crippen LogP contribution in [0.25, 0.3) is 0 Å². The Balaban J connectivity index is 2.90. The van der Waals surface area contributed by atoms with Gasteiger partial charge in [-0.1, -0.05) is 13.0 Å². The van der Waals surface area contributed by atoms with Crippen LogP contribution >= 0.6 is 0 Å².